The molecule has 0 bridgehead atoms. The maximum Gasteiger partial charge on any atom is 0.303 e. The van der Waals surface area contributed by atoms with Gasteiger partial charge in [-0.15, -0.1) is 0 Å². The largest absolute Gasteiger partial charge is 0.457 e. The highest BCUT2D eigenvalue weighted by Gasteiger charge is 2.36. The van der Waals surface area contributed by atoms with Crippen LogP contribution in [-0.2, 0) is 14.3 Å². The third kappa shape index (κ3) is 2.38. The fourth-order valence-corrected chi connectivity index (χ4v) is 1.99. The maximum atomic E-state index is 10.8. The molecule has 0 aromatic heterocycles. The Kier molecular flexibility index (Phi) is 3.07. The molecule has 1 fully saturated rings. The van der Waals surface area contributed by atoms with Crippen LogP contribution in [0.3, 0.4) is 0 Å². The van der Waals surface area contributed by atoms with Crippen LogP contribution in [0, 0.1) is 0 Å². The fourth-order valence-electron chi connectivity index (χ4n) is 1.57. The van der Waals surface area contributed by atoms with Crippen LogP contribution in [0.15, 0.2) is 28.7 Å². The minimum absolute atomic E-state index is 0.119. The van der Waals surface area contributed by atoms with Gasteiger partial charge in [0, 0.05) is 11.4 Å². The Hall–Kier alpha value is -0.870. The van der Waals surface area contributed by atoms with Crippen LogP contribution < -0.4 is 0 Å². The predicted octanol–water partition coefficient (Wildman–Crippen LogP) is 2.45. The molecule has 3 nitrogen and oxygen atoms in total. The molecule has 80 valence electrons. The zero-order valence-corrected chi connectivity index (χ0v) is 9.86. The molecule has 15 heavy (non-hydrogen) atoms. The van der Waals surface area contributed by atoms with Crippen LogP contribution in [0.2, 0.25) is 0 Å². The minimum atomic E-state index is -0.261. The van der Waals surface area contributed by atoms with Crippen molar-refractivity contribution in [1.29, 1.82) is 0 Å². The van der Waals surface area contributed by atoms with Gasteiger partial charge in [0.1, 0.15) is 6.10 Å². The predicted molar refractivity (Wildman–Crippen MR) is 58.4 cm³/mol. The zero-order valence-electron chi connectivity index (χ0n) is 8.27. The van der Waals surface area contributed by atoms with Gasteiger partial charge >= 0.3 is 5.97 Å². The average Bonchev–Trinajstić information content (AvgIpc) is 2.12. The molecule has 1 aromatic rings. The van der Waals surface area contributed by atoms with Gasteiger partial charge in [-0.1, -0.05) is 28.1 Å². The SMILES string of the molecule is CC(=O)OC1COC1c1cccc(Br)c1. The third-order valence-electron chi connectivity index (χ3n) is 2.27. The van der Waals surface area contributed by atoms with E-state index < -0.39 is 0 Å². The first kappa shape index (κ1) is 10.6. The van der Waals surface area contributed by atoms with Crippen LogP contribution in [-0.4, -0.2) is 18.7 Å². The van der Waals surface area contributed by atoms with E-state index in [-0.39, 0.29) is 18.2 Å². The molecule has 0 radical (unpaired) electrons. The van der Waals surface area contributed by atoms with E-state index in [0.717, 1.165) is 10.0 Å². The Morgan fingerprint density at radius 1 is 1.60 bits per heavy atom. The molecule has 0 saturated carbocycles. The van der Waals surface area contributed by atoms with Gasteiger partial charge < -0.3 is 9.47 Å². The third-order valence-corrected chi connectivity index (χ3v) is 2.77. The van der Waals surface area contributed by atoms with Gasteiger partial charge in [-0.05, 0) is 17.7 Å². The lowest BCUT2D eigenvalue weighted by Crippen LogP contribution is -2.40. The van der Waals surface area contributed by atoms with Gasteiger partial charge in [-0.3, -0.25) is 4.79 Å². The number of hydrogen-bond acceptors (Lipinski definition) is 3. The monoisotopic (exact) mass is 270 g/mol. The summed E-state index contributed by atoms with van der Waals surface area (Å²) in [5.74, 6) is -0.261. The summed E-state index contributed by atoms with van der Waals surface area (Å²) < 4.78 is 11.5. The van der Waals surface area contributed by atoms with Crippen molar-refractivity contribution < 1.29 is 14.3 Å². The van der Waals surface area contributed by atoms with Crippen molar-refractivity contribution in [3.63, 3.8) is 0 Å². The van der Waals surface area contributed by atoms with Crippen molar-refractivity contribution in [2.45, 2.75) is 19.1 Å². The molecule has 0 N–H and O–H groups in total. The van der Waals surface area contributed by atoms with E-state index >= 15 is 0 Å². The summed E-state index contributed by atoms with van der Waals surface area (Å²) in [5, 5.41) is 0. The number of rotatable bonds is 2. The smallest absolute Gasteiger partial charge is 0.303 e. The number of ether oxygens (including phenoxy) is 2. The summed E-state index contributed by atoms with van der Waals surface area (Å²) in [7, 11) is 0. The van der Waals surface area contributed by atoms with Crippen molar-refractivity contribution in [2.75, 3.05) is 6.61 Å². The molecule has 0 amide bonds. The van der Waals surface area contributed by atoms with E-state index in [1.54, 1.807) is 0 Å². The van der Waals surface area contributed by atoms with E-state index in [1.807, 2.05) is 24.3 Å². The van der Waals surface area contributed by atoms with E-state index in [2.05, 4.69) is 15.9 Å². The van der Waals surface area contributed by atoms with E-state index in [9.17, 15) is 4.79 Å². The number of esters is 1. The highest BCUT2D eigenvalue weighted by molar-refractivity contribution is 9.10. The molecule has 1 heterocycles. The average molecular weight is 271 g/mol. The topological polar surface area (TPSA) is 35.5 Å². The lowest BCUT2D eigenvalue weighted by atomic mass is 10.0. The first-order valence-electron chi connectivity index (χ1n) is 4.71. The summed E-state index contributed by atoms with van der Waals surface area (Å²) in [6.07, 6.45) is -0.261. The standard InChI is InChI=1S/C11H11BrO3/c1-7(13)15-10-6-14-11(10)8-3-2-4-9(12)5-8/h2-5,10-11H,6H2,1H3. The number of hydrogen-bond donors (Lipinski definition) is 0. The van der Waals surface area contributed by atoms with E-state index in [0.29, 0.717) is 6.61 Å². The van der Waals surface area contributed by atoms with Gasteiger partial charge in [0.05, 0.1) is 6.61 Å². The van der Waals surface area contributed by atoms with Crippen molar-refractivity contribution >= 4 is 21.9 Å². The van der Waals surface area contributed by atoms with Gasteiger partial charge in [0.2, 0.25) is 0 Å². The quantitative estimate of drug-likeness (QED) is 0.775. The Balaban J connectivity index is 2.08. The number of halogens is 1. The van der Waals surface area contributed by atoms with Crippen LogP contribution in [0.25, 0.3) is 0 Å². The second-order valence-corrected chi connectivity index (χ2v) is 4.37. The molecule has 4 heteroatoms. The first-order chi connectivity index (χ1) is 7.16. The molecular weight excluding hydrogens is 260 g/mol. The summed E-state index contributed by atoms with van der Waals surface area (Å²) >= 11 is 3.39. The van der Waals surface area contributed by atoms with Crippen LogP contribution in [0.4, 0.5) is 0 Å². The van der Waals surface area contributed by atoms with E-state index in [1.165, 1.54) is 6.92 Å². The molecule has 2 atom stereocenters. The van der Waals surface area contributed by atoms with Crippen LogP contribution in [0.5, 0.6) is 0 Å². The second-order valence-electron chi connectivity index (χ2n) is 3.46. The van der Waals surface area contributed by atoms with Crippen molar-refractivity contribution in [3.8, 4) is 0 Å². The van der Waals surface area contributed by atoms with Gasteiger partial charge in [0.25, 0.3) is 0 Å². The summed E-state index contributed by atoms with van der Waals surface area (Å²) in [6, 6.07) is 7.82. The Morgan fingerprint density at radius 3 is 2.93 bits per heavy atom. The Labute approximate surface area is 96.5 Å². The van der Waals surface area contributed by atoms with Crippen molar-refractivity contribution in [3.05, 3.63) is 34.3 Å². The number of carbonyl (C=O) groups is 1. The number of benzene rings is 1. The summed E-state index contributed by atoms with van der Waals surface area (Å²) in [6.45, 7) is 1.90. The molecule has 1 saturated heterocycles. The number of carbonyl (C=O) groups excluding carboxylic acids is 1. The summed E-state index contributed by atoms with van der Waals surface area (Å²) in [5.41, 5.74) is 1.03. The molecular formula is C11H11BrO3. The maximum absolute atomic E-state index is 10.8. The van der Waals surface area contributed by atoms with Crippen LogP contribution in [0.1, 0.15) is 18.6 Å². The summed E-state index contributed by atoms with van der Waals surface area (Å²) in [4.78, 5) is 10.8. The van der Waals surface area contributed by atoms with Gasteiger partial charge in [0.15, 0.2) is 6.10 Å². The van der Waals surface area contributed by atoms with Crippen molar-refractivity contribution in [1.82, 2.24) is 0 Å². The van der Waals surface area contributed by atoms with Crippen LogP contribution >= 0.6 is 15.9 Å². The zero-order chi connectivity index (χ0) is 10.8. The molecule has 2 rings (SSSR count). The lowest BCUT2D eigenvalue weighted by molar-refractivity contribution is -0.198. The molecule has 1 aliphatic heterocycles. The second kappa shape index (κ2) is 4.33. The van der Waals surface area contributed by atoms with E-state index in [4.69, 9.17) is 9.47 Å². The van der Waals surface area contributed by atoms with Crippen molar-refractivity contribution in [2.24, 2.45) is 0 Å². The highest BCUT2D eigenvalue weighted by atomic mass is 79.9. The fraction of sp³-hybridized carbons (Fsp3) is 0.364. The Morgan fingerprint density at radius 2 is 2.40 bits per heavy atom. The molecule has 0 aliphatic carbocycles. The Bertz CT molecular complexity index is 378. The van der Waals surface area contributed by atoms with Gasteiger partial charge in [-0.25, -0.2) is 0 Å². The van der Waals surface area contributed by atoms with Gasteiger partial charge in [-0.2, -0.15) is 0 Å². The lowest BCUT2D eigenvalue weighted by Gasteiger charge is -2.36. The highest BCUT2D eigenvalue weighted by Crippen LogP contribution is 2.33. The molecule has 0 spiro atoms. The molecule has 1 aliphatic rings. The minimum Gasteiger partial charge on any atom is -0.457 e. The normalized spacial score (nSPS) is 24.4. The molecule has 2 unspecified atom stereocenters. The molecule has 1 aromatic carbocycles. The first-order valence-corrected chi connectivity index (χ1v) is 5.50.